The Morgan fingerprint density at radius 3 is 2.69 bits per heavy atom. The van der Waals surface area contributed by atoms with Crippen molar-refractivity contribution in [2.24, 2.45) is 5.92 Å². The number of hydrogen-bond acceptors (Lipinski definition) is 6. The number of hydrogen-bond donors (Lipinski definition) is 1. The molecule has 0 aliphatic carbocycles. The summed E-state index contributed by atoms with van der Waals surface area (Å²) in [6.45, 7) is 4.51. The highest BCUT2D eigenvalue weighted by atomic mass is 16.5. The number of carbonyl (C=O) groups excluding carboxylic acids is 1. The monoisotopic (exact) mass is 396 g/mol. The molecule has 0 spiro atoms. The second-order valence-electron chi connectivity index (χ2n) is 7.21. The molecular formula is C21H24N4O4. The maximum Gasteiger partial charge on any atom is 0.240 e. The lowest BCUT2D eigenvalue weighted by atomic mass is 10.0. The molecule has 1 aromatic carbocycles. The lowest BCUT2D eigenvalue weighted by molar-refractivity contribution is -0.119. The van der Waals surface area contributed by atoms with E-state index in [1.807, 2.05) is 44.3 Å². The van der Waals surface area contributed by atoms with Gasteiger partial charge in [0, 0.05) is 24.4 Å². The van der Waals surface area contributed by atoms with Gasteiger partial charge in [-0.05, 0) is 38.1 Å². The molecule has 29 heavy (non-hydrogen) atoms. The van der Waals surface area contributed by atoms with E-state index in [1.165, 1.54) is 0 Å². The van der Waals surface area contributed by atoms with Crippen LogP contribution in [0.3, 0.4) is 0 Å². The first-order valence-electron chi connectivity index (χ1n) is 9.51. The van der Waals surface area contributed by atoms with Crippen molar-refractivity contribution in [3.8, 4) is 28.6 Å². The van der Waals surface area contributed by atoms with Crippen LogP contribution in [0.4, 0.5) is 0 Å². The molecule has 4 rings (SSSR count). The summed E-state index contributed by atoms with van der Waals surface area (Å²) in [6, 6.07) is 7.56. The van der Waals surface area contributed by atoms with E-state index in [1.54, 1.807) is 18.7 Å². The summed E-state index contributed by atoms with van der Waals surface area (Å²) in [7, 11) is 3.20. The van der Waals surface area contributed by atoms with Crippen molar-refractivity contribution >= 4 is 11.4 Å². The zero-order valence-corrected chi connectivity index (χ0v) is 16.9. The zero-order chi connectivity index (χ0) is 20.5. The minimum absolute atomic E-state index is 0.0582. The van der Waals surface area contributed by atoms with Gasteiger partial charge < -0.3 is 19.5 Å². The second-order valence-corrected chi connectivity index (χ2v) is 7.21. The lowest BCUT2D eigenvalue weighted by Crippen LogP contribution is -2.26. The van der Waals surface area contributed by atoms with E-state index >= 15 is 0 Å². The first-order chi connectivity index (χ1) is 14.0. The lowest BCUT2D eigenvalue weighted by Gasteiger charge is -2.20. The van der Waals surface area contributed by atoms with Gasteiger partial charge in [0.05, 0.1) is 31.8 Å². The molecule has 1 aliphatic heterocycles. The molecule has 1 amide bonds. The smallest absolute Gasteiger partial charge is 0.240 e. The molecule has 8 heteroatoms. The van der Waals surface area contributed by atoms with Crippen LogP contribution in [0.1, 0.15) is 19.0 Å². The van der Waals surface area contributed by atoms with E-state index in [9.17, 15) is 4.79 Å². The molecule has 152 valence electrons. The van der Waals surface area contributed by atoms with Crippen molar-refractivity contribution in [2.45, 2.75) is 26.4 Å². The molecule has 0 saturated carbocycles. The van der Waals surface area contributed by atoms with Crippen molar-refractivity contribution < 1.29 is 19.0 Å². The van der Waals surface area contributed by atoms with E-state index in [-0.39, 0.29) is 17.9 Å². The number of ether oxygens (including phenoxy) is 3. The number of methoxy groups -OCH3 is 2. The number of carbonyl (C=O) groups is 1. The van der Waals surface area contributed by atoms with E-state index in [4.69, 9.17) is 19.2 Å². The van der Waals surface area contributed by atoms with Gasteiger partial charge in [-0.25, -0.2) is 9.50 Å². The third-order valence-electron chi connectivity index (χ3n) is 5.19. The van der Waals surface area contributed by atoms with Crippen LogP contribution in [0, 0.1) is 12.8 Å². The van der Waals surface area contributed by atoms with Crippen LogP contribution >= 0.6 is 0 Å². The van der Waals surface area contributed by atoms with E-state index in [0.29, 0.717) is 36.0 Å². The van der Waals surface area contributed by atoms with Gasteiger partial charge in [0.25, 0.3) is 0 Å². The number of nitrogens with one attached hydrogen (secondary N) is 1. The molecule has 0 unspecified atom stereocenters. The fourth-order valence-corrected chi connectivity index (χ4v) is 3.54. The van der Waals surface area contributed by atoms with Crippen LogP contribution in [-0.2, 0) is 4.79 Å². The third kappa shape index (κ3) is 3.70. The number of aryl methyl sites for hydroxylation is 1. The van der Waals surface area contributed by atoms with Crippen LogP contribution in [0.15, 0.2) is 30.5 Å². The van der Waals surface area contributed by atoms with Crippen LogP contribution in [0.2, 0.25) is 0 Å². The summed E-state index contributed by atoms with van der Waals surface area (Å²) in [4.78, 5) is 16.3. The SMILES string of the molecule is COc1ccc(-c2cn3nc(C)cc3c(O[C@H](C)[C@H]3CNC(=O)C3)n2)cc1OC. The van der Waals surface area contributed by atoms with Crippen molar-refractivity contribution in [3.05, 3.63) is 36.2 Å². The Balaban J connectivity index is 1.73. The fraction of sp³-hybridized carbons (Fsp3) is 0.381. The first kappa shape index (κ1) is 19.0. The number of nitrogens with zero attached hydrogens (tertiary/aromatic N) is 3. The first-order valence-corrected chi connectivity index (χ1v) is 9.51. The fourth-order valence-electron chi connectivity index (χ4n) is 3.54. The minimum atomic E-state index is -0.166. The molecule has 0 bridgehead atoms. The minimum Gasteiger partial charge on any atom is -0.493 e. The van der Waals surface area contributed by atoms with Gasteiger partial charge in [-0.2, -0.15) is 5.10 Å². The molecule has 8 nitrogen and oxygen atoms in total. The Morgan fingerprint density at radius 2 is 2.00 bits per heavy atom. The molecule has 1 N–H and O–H groups in total. The van der Waals surface area contributed by atoms with Crippen LogP contribution in [0.5, 0.6) is 17.4 Å². The molecule has 1 fully saturated rings. The molecule has 1 saturated heterocycles. The Bertz CT molecular complexity index is 1060. The summed E-state index contributed by atoms with van der Waals surface area (Å²) < 4.78 is 18.7. The van der Waals surface area contributed by atoms with Crippen molar-refractivity contribution in [3.63, 3.8) is 0 Å². The third-order valence-corrected chi connectivity index (χ3v) is 5.19. The predicted octanol–water partition coefficient (Wildman–Crippen LogP) is 2.63. The van der Waals surface area contributed by atoms with Gasteiger partial charge in [0.2, 0.25) is 11.8 Å². The molecule has 1 aliphatic rings. The van der Waals surface area contributed by atoms with Gasteiger partial charge in [-0.3, -0.25) is 4.79 Å². The van der Waals surface area contributed by atoms with Gasteiger partial charge in [0.1, 0.15) is 11.6 Å². The Labute approximate surface area is 168 Å². The average Bonchev–Trinajstić information content (AvgIpc) is 3.32. The van der Waals surface area contributed by atoms with E-state index < -0.39 is 0 Å². The maximum absolute atomic E-state index is 11.6. The highest BCUT2D eigenvalue weighted by Gasteiger charge is 2.29. The number of amides is 1. The average molecular weight is 396 g/mol. The molecule has 0 radical (unpaired) electrons. The zero-order valence-electron chi connectivity index (χ0n) is 16.9. The predicted molar refractivity (Wildman–Crippen MR) is 107 cm³/mol. The second kappa shape index (κ2) is 7.62. The van der Waals surface area contributed by atoms with Crippen molar-refractivity contribution in [2.75, 3.05) is 20.8 Å². The Hall–Kier alpha value is -3.29. The molecular weight excluding hydrogens is 372 g/mol. The van der Waals surface area contributed by atoms with Crippen LogP contribution in [0.25, 0.3) is 16.8 Å². The molecule has 2 atom stereocenters. The quantitative estimate of drug-likeness (QED) is 0.689. The summed E-state index contributed by atoms with van der Waals surface area (Å²) >= 11 is 0. The van der Waals surface area contributed by atoms with Crippen molar-refractivity contribution in [1.82, 2.24) is 19.9 Å². The van der Waals surface area contributed by atoms with Gasteiger partial charge in [-0.15, -0.1) is 0 Å². The Kier molecular flexibility index (Phi) is 5.00. The molecule has 2 aromatic heterocycles. The van der Waals surface area contributed by atoms with Crippen LogP contribution < -0.4 is 19.5 Å². The highest BCUT2D eigenvalue weighted by Crippen LogP contribution is 2.33. The Morgan fingerprint density at radius 1 is 1.21 bits per heavy atom. The van der Waals surface area contributed by atoms with Gasteiger partial charge in [0.15, 0.2) is 11.5 Å². The van der Waals surface area contributed by atoms with Crippen molar-refractivity contribution in [1.29, 1.82) is 0 Å². The van der Waals surface area contributed by atoms with E-state index in [0.717, 1.165) is 16.8 Å². The summed E-state index contributed by atoms with van der Waals surface area (Å²) in [6.07, 6.45) is 2.16. The number of aromatic nitrogens is 3. The van der Waals surface area contributed by atoms with Crippen LogP contribution in [-0.4, -0.2) is 47.4 Å². The standard InChI is InChI=1S/C21H24N4O4/c1-12-7-17-21(29-13(2)15-9-20(26)22-10-15)23-16(11-25(17)24-12)14-5-6-18(27-3)19(8-14)28-4/h5-8,11,13,15H,9-10H2,1-4H3,(H,22,26)/t13-,15-/m1/s1. The van der Waals surface area contributed by atoms with E-state index in [2.05, 4.69) is 10.4 Å². The number of rotatable bonds is 6. The number of benzene rings is 1. The highest BCUT2D eigenvalue weighted by molar-refractivity contribution is 5.78. The molecule has 3 heterocycles. The van der Waals surface area contributed by atoms with Gasteiger partial charge in [-0.1, -0.05) is 0 Å². The normalized spacial score (nSPS) is 17.2. The topological polar surface area (TPSA) is 87.0 Å². The molecule has 3 aromatic rings. The largest absolute Gasteiger partial charge is 0.493 e. The van der Waals surface area contributed by atoms with Gasteiger partial charge >= 0.3 is 0 Å². The summed E-state index contributed by atoms with van der Waals surface area (Å²) in [5.41, 5.74) is 3.21. The summed E-state index contributed by atoms with van der Waals surface area (Å²) in [5.74, 6) is 1.93. The maximum atomic E-state index is 11.6. The number of fused-ring (bicyclic) bond motifs is 1. The summed E-state index contributed by atoms with van der Waals surface area (Å²) in [5, 5.41) is 7.38.